The maximum atomic E-state index is 12.1. The van der Waals surface area contributed by atoms with Crippen LogP contribution in [0.15, 0.2) is 30.4 Å². The zero-order valence-electron chi connectivity index (χ0n) is 11.2. The molecule has 7 heteroatoms. The average Bonchev–Trinajstić information content (AvgIpc) is 2.25. The Bertz CT molecular complexity index is 463. The maximum Gasteiger partial charge on any atom is 0.573 e. The first-order valence-corrected chi connectivity index (χ1v) is 5.56. The first-order chi connectivity index (χ1) is 8.73. The zero-order valence-corrected chi connectivity index (χ0v) is 12.0. The molecule has 0 spiro atoms. The number of hydrogen-bond acceptors (Lipinski definition) is 3. The van der Waals surface area contributed by atoms with Crippen LogP contribution in [-0.2, 0) is 0 Å². The lowest BCUT2D eigenvalue weighted by molar-refractivity contribution is -0.274. The summed E-state index contributed by atoms with van der Waals surface area (Å²) in [5.41, 5.74) is 7.44. The Labute approximate surface area is 122 Å². The largest absolute Gasteiger partial charge is 0.573 e. The number of halogens is 4. The molecule has 0 saturated carbocycles. The van der Waals surface area contributed by atoms with E-state index in [1.54, 1.807) is 0 Å². The zero-order chi connectivity index (χ0) is 14.6. The van der Waals surface area contributed by atoms with E-state index in [1.807, 2.05) is 6.92 Å². The Morgan fingerprint density at radius 1 is 1.40 bits per heavy atom. The van der Waals surface area contributed by atoms with Crippen LogP contribution in [0.4, 0.5) is 13.2 Å². The van der Waals surface area contributed by atoms with Gasteiger partial charge in [-0.3, -0.25) is 0 Å². The first-order valence-electron chi connectivity index (χ1n) is 5.56. The molecule has 0 heterocycles. The summed E-state index contributed by atoms with van der Waals surface area (Å²) < 4.78 is 45.2. The van der Waals surface area contributed by atoms with Crippen LogP contribution in [0.25, 0.3) is 0 Å². The van der Waals surface area contributed by atoms with Gasteiger partial charge in [0.1, 0.15) is 11.5 Å². The molecule has 0 unspecified atom stereocenters. The van der Waals surface area contributed by atoms with Crippen LogP contribution in [0.2, 0.25) is 0 Å². The lowest BCUT2D eigenvalue weighted by Gasteiger charge is -2.17. The number of rotatable bonds is 5. The van der Waals surface area contributed by atoms with Crippen molar-refractivity contribution < 1.29 is 22.6 Å². The van der Waals surface area contributed by atoms with E-state index in [9.17, 15) is 13.2 Å². The Kier molecular flexibility index (Phi) is 6.88. The predicted octanol–water partition coefficient (Wildman–Crippen LogP) is 3.98. The van der Waals surface area contributed by atoms with Crippen LogP contribution in [0, 0.1) is 0 Å². The molecule has 20 heavy (non-hydrogen) atoms. The van der Waals surface area contributed by atoms with Crippen molar-refractivity contribution in [1.29, 1.82) is 0 Å². The minimum absolute atomic E-state index is 0. The molecule has 2 N–H and O–H groups in total. The van der Waals surface area contributed by atoms with Crippen LogP contribution in [0.5, 0.6) is 11.5 Å². The van der Waals surface area contributed by atoms with Crippen LogP contribution < -0.4 is 15.2 Å². The van der Waals surface area contributed by atoms with Crippen molar-refractivity contribution >= 4 is 12.4 Å². The molecular formula is C13H17ClF3NO2. The molecule has 0 saturated heterocycles. The van der Waals surface area contributed by atoms with Crippen molar-refractivity contribution in [2.24, 2.45) is 5.73 Å². The van der Waals surface area contributed by atoms with E-state index >= 15 is 0 Å². The van der Waals surface area contributed by atoms with Gasteiger partial charge in [0.25, 0.3) is 0 Å². The Hall–Kier alpha value is -1.40. The Morgan fingerprint density at radius 2 is 2.00 bits per heavy atom. The van der Waals surface area contributed by atoms with Crippen molar-refractivity contribution in [3.05, 3.63) is 35.9 Å². The van der Waals surface area contributed by atoms with E-state index in [2.05, 4.69) is 11.3 Å². The van der Waals surface area contributed by atoms with Gasteiger partial charge < -0.3 is 15.2 Å². The SMILES string of the molecule is C=C(C)C[C@H](N)c1ccc(OC(F)(F)F)cc1OC.Cl. The standard InChI is InChI=1S/C13H16F3NO2.ClH/c1-8(2)6-11(17)10-5-4-9(7-12(10)18-3)19-13(14,15)16;/h4-5,7,11H,1,6,17H2,2-3H3;1H/t11-;/m0./s1. The molecule has 0 aliphatic rings. The molecule has 114 valence electrons. The van der Waals surface area contributed by atoms with Crippen molar-refractivity contribution in [2.45, 2.75) is 25.7 Å². The number of nitrogens with two attached hydrogens (primary N) is 1. The van der Waals surface area contributed by atoms with Crippen molar-refractivity contribution in [3.8, 4) is 11.5 Å². The molecule has 3 nitrogen and oxygen atoms in total. The fourth-order valence-corrected chi connectivity index (χ4v) is 1.68. The van der Waals surface area contributed by atoms with Gasteiger partial charge >= 0.3 is 6.36 Å². The van der Waals surface area contributed by atoms with Crippen LogP contribution in [0.1, 0.15) is 24.9 Å². The topological polar surface area (TPSA) is 44.5 Å². The van der Waals surface area contributed by atoms with Gasteiger partial charge in [0.2, 0.25) is 0 Å². The molecule has 0 amide bonds. The molecule has 1 aromatic rings. The van der Waals surface area contributed by atoms with Crippen molar-refractivity contribution in [1.82, 2.24) is 0 Å². The minimum atomic E-state index is -4.73. The third-order valence-electron chi connectivity index (χ3n) is 2.41. The molecule has 0 fully saturated rings. The second-order valence-electron chi connectivity index (χ2n) is 4.22. The van der Waals surface area contributed by atoms with Gasteiger partial charge in [-0.15, -0.1) is 32.2 Å². The van der Waals surface area contributed by atoms with E-state index in [4.69, 9.17) is 10.5 Å². The lowest BCUT2D eigenvalue weighted by Crippen LogP contribution is -2.17. The summed E-state index contributed by atoms with van der Waals surface area (Å²) in [6.07, 6.45) is -4.21. The van der Waals surface area contributed by atoms with E-state index < -0.39 is 6.36 Å². The van der Waals surface area contributed by atoms with Gasteiger partial charge in [0.05, 0.1) is 7.11 Å². The second-order valence-corrected chi connectivity index (χ2v) is 4.22. The average molecular weight is 312 g/mol. The summed E-state index contributed by atoms with van der Waals surface area (Å²) in [7, 11) is 1.36. The highest BCUT2D eigenvalue weighted by atomic mass is 35.5. The Balaban J connectivity index is 0.00000361. The third-order valence-corrected chi connectivity index (χ3v) is 2.41. The van der Waals surface area contributed by atoms with Gasteiger partial charge in [-0.25, -0.2) is 0 Å². The van der Waals surface area contributed by atoms with Gasteiger partial charge in [0, 0.05) is 17.7 Å². The van der Waals surface area contributed by atoms with Crippen molar-refractivity contribution in [2.75, 3.05) is 7.11 Å². The van der Waals surface area contributed by atoms with E-state index in [0.717, 1.165) is 5.57 Å². The van der Waals surface area contributed by atoms with E-state index in [-0.39, 0.29) is 29.9 Å². The quantitative estimate of drug-likeness (QED) is 0.836. The lowest BCUT2D eigenvalue weighted by atomic mass is 10.00. The third kappa shape index (κ3) is 5.71. The summed E-state index contributed by atoms with van der Waals surface area (Å²) in [4.78, 5) is 0. The molecule has 1 atom stereocenters. The fraction of sp³-hybridized carbons (Fsp3) is 0.385. The fourth-order valence-electron chi connectivity index (χ4n) is 1.68. The molecule has 0 aromatic heterocycles. The number of alkyl halides is 3. The normalized spacial score (nSPS) is 12.3. The Morgan fingerprint density at radius 3 is 2.45 bits per heavy atom. The highest BCUT2D eigenvalue weighted by Gasteiger charge is 2.31. The van der Waals surface area contributed by atoms with Gasteiger partial charge in [-0.05, 0) is 19.4 Å². The summed E-state index contributed by atoms with van der Waals surface area (Å²) in [5, 5.41) is 0. The number of methoxy groups -OCH3 is 1. The molecule has 0 radical (unpaired) electrons. The van der Waals surface area contributed by atoms with Crippen LogP contribution in [0.3, 0.4) is 0 Å². The van der Waals surface area contributed by atoms with Crippen LogP contribution >= 0.6 is 12.4 Å². The highest BCUT2D eigenvalue weighted by Crippen LogP contribution is 2.33. The summed E-state index contributed by atoms with van der Waals surface area (Å²) in [6, 6.07) is 3.46. The number of ether oxygens (including phenoxy) is 2. The molecule has 0 bridgehead atoms. The van der Waals surface area contributed by atoms with Crippen molar-refractivity contribution in [3.63, 3.8) is 0 Å². The number of benzene rings is 1. The van der Waals surface area contributed by atoms with Gasteiger partial charge in [0.15, 0.2) is 0 Å². The number of hydrogen-bond donors (Lipinski definition) is 1. The summed E-state index contributed by atoms with van der Waals surface area (Å²) in [5.74, 6) is -0.0777. The predicted molar refractivity (Wildman–Crippen MR) is 73.3 cm³/mol. The maximum absolute atomic E-state index is 12.1. The minimum Gasteiger partial charge on any atom is -0.496 e. The molecule has 0 aliphatic carbocycles. The van der Waals surface area contributed by atoms with Gasteiger partial charge in [-0.1, -0.05) is 11.6 Å². The molecular weight excluding hydrogens is 295 g/mol. The monoisotopic (exact) mass is 311 g/mol. The molecule has 1 aromatic carbocycles. The van der Waals surface area contributed by atoms with E-state index in [0.29, 0.717) is 12.0 Å². The first kappa shape index (κ1) is 18.6. The summed E-state index contributed by atoms with van der Waals surface area (Å²) >= 11 is 0. The summed E-state index contributed by atoms with van der Waals surface area (Å²) in [6.45, 7) is 5.57. The van der Waals surface area contributed by atoms with Gasteiger partial charge in [-0.2, -0.15) is 0 Å². The van der Waals surface area contributed by atoms with E-state index in [1.165, 1.54) is 25.3 Å². The molecule has 1 rings (SSSR count). The molecule has 0 aliphatic heterocycles. The smallest absolute Gasteiger partial charge is 0.496 e. The second kappa shape index (κ2) is 7.40. The van der Waals surface area contributed by atoms with Crippen LogP contribution in [-0.4, -0.2) is 13.5 Å². The highest BCUT2D eigenvalue weighted by molar-refractivity contribution is 5.85.